The lowest BCUT2D eigenvalue weighted by Crippen LogP contribution is -2.12. The molecule has 2 aromatic rings. The monoisotopic (exact) mass is 208 g/mol. The molecule has 1 N–H and O–H groups in total. The molecule has 0 amide bonds. The molecular formula is C8H4N2O3S. The number of rotatable bonds is 2. The Bertz CT molecular complexity index is 520. The molecule has 0 saturated carbocycles. The van der Waals surface area contributed by atoms with Crippen LogP contribution >= 0.6 is 11.5 Å². The average Bonchev–Trinajstić information content (AvgIpc) is 2.62. The maximum absolute atomic E-state index is 11.1. The van der Waals surface area contributed by atoms with Crippen LogP contribution in [-0.2, 0) is 4.79 Å². The van der Waals surface area contributed by atoms with E-state index in [0.717, 1.165) is 4.70 Å². The lowest BCUT2D eigenvalue weighted by molar-refractivity contribution is -0.131. The van der Waals surface area contributed by atoms with Crippen molar-refractivity contribution < 1.29 is 14.7 Å². The van der Waals surface area contributed by atoms with Gasteiger partial charge in [0.05, 0.1) is 4.70 Å². The van der Waals surface area contributed by atoms with Crippen molar-refractivity contribution in [1.82, 2.24) is 9.59 Å². The number of ketones is 1. The summed E-state index contributed by atoms with van der Waals surface area (Å²) in [7, 11) is 0. The average molecular weight is 208 g/mol. The van der Waals surface area contributed by atoms with Gasteiger partial charge < -0.3 is 5.11 Å². The molecule has 0 radical (unpaired) electrons. The summed E-state index contributed by atoms with van der Waals surface area (Å²) in [6.45, 7) is 0. The van der Waals surface area contributed by atoms with Gasteiger partial charge in [-0.15, -0.1) is 5.10 Å². The molecule has 14 heavy (non-hydrogen) atoms. The van der Waals surface area contributed by atoms with Crippen molar-refractivity contribution in [2.24, 2.45) is 0 Å². The maximum atomic E-state index is 11.1. The van der Waals surface area contributed by atoms with Crippen LogP contribution in [0.25, 0.3) is 10.2 Å². The van der Waals surface area contributed by atoms with Crippen molar-refractivity contribution >= 4 is 33.5 Å². The summed E-state index contributed by atoms with van der Waals surface area (Å²) in [5.41, 5.74) is 0.666. The number of carbonyl (C=O) groups excluding carboxylic acids is 1. The van der Waals surface area contributed by atoms with Crippen LogP contribution in [0, 0.1) is 0 Å². The molecule has 70 valence electrons. The summed E-state index contributed by atoms with van der Waals surface area (Å²) in [5.74, 6) is -2.40. The molecule has 0 saturated heterocycles. The van der Waals surface area contributed by atoms with Gasteiger partial charge in [0, 0.05) is 5.56 Å². The number of Topliss-reactive ketones (excluding diaryl/α,β-unsaturated/α-hetero) is 1. The Morgan fingerprint density at radius 3 is 2.86 bits per heavy atom. The molecule has 0 aliphatic heterocycles. The number of benzene rings is 1. The van der Waals surface area contributed by atoms with Gasteiger partial charge in [-0.1, -0.05) is 4.49 Å². The van der Waals surface area contributed by atoms with Gasteiger partial charge >= 0.3 is 5.97 Å². The smallest absolute Gasteiger partial charge is 0.377 e. The second kappa shape index (κ2) is 3.15. The summed E-state index contributed by atoms with van der Waals surface area (Å²) in [6, 6.07) is 4.52. The minimum Gasteiger partial charge on any atom is -0.475 e. The zero-order valence-electron chi connectivity index (χ0n) is 6.80. The van der Waals surface area contributed by atoms with Crippen molar-refractivity contribution in [3.05, 3.63) is 23.8 Å². The molecule has 1 aromatic carbocycles. The molecule has 2 rings (SSSR count). The van der Waals surface area contributed by atoms with E-state index in [9.17, 15) is 9.59 Å². The molecule has 1 heterocycles. The molecular weight excluding hydrogens is 204 g/mol. The van der Waals surface area contributed by atoms with E-state index in [1.807, 2.05) is 0 Å². The van der Waals surface area contributed by atoms with E-state index in [0.29, 0.717) is 5.52 Å². The number of hydrogen-bond acceptors (Lipinski definition) is 5. The van der Waals surface area contributed by atoms with E-state index in [1.165, 1.54) is 23.7 Å². The number of aromatic nitrogens is 2. The van der Waals surface area contributed by atoms with Crippen LogP contribution in [0.2, 0.25) is 0 Å². The van der Waals surface area contributed by atoms with Crippen molar-refractivity contribution in [3.8, 4) is 0 Å². The predicted molar refractivity (Wildman–Crippen MR) is 49.4 cm³/mol. The largest absolute Gasteiger partial charge is 0.475 e. The topological polar surface area (TPSA) is 80.1 Å². The van der Waals surface area contributed by atoms with Gasteiger partial charge in [-0.25, -0.2) is 4.79 Å². The summed E-state index contributed by atoms with van der Waals surface area (Å²) < 4.78 is 4.51. The quantitative estimate of drug-likeness (QED) is 0.587. The SMILES string of the molecule is O=C(O)C(=O)c1ccc2snnc2c1. The van der Waals surface area contributed by atoms with Crippen molar-refractivity contribution in [3.63, 3.8) is 0 Å². The second-order valence-electron chi connectivity index (χ2n) is 2.59. The number of carboxylic acid groups (broad SMARTS) is 1. The first-order valence-corrected chi connectivity index (χ1v) is 4.45. The third kappa shape index (κ3) is 1.35. The zero-order chi connectivity index (χ0) is 10.1. The van der Waals surface area contributed by atoms with E-state index in [-0.39, 0.29) is 5.56 Å². The summed E-state index contributed by atoms with van der Waals surface area (Å²) in [4.78, 5) is 21.5. The van der Waals surface area contributed by atoms with Crippen LogP contribution in [0.15, 0.2) is 18.2 Å². The van der Waals surface area contributed by atoms with Crippen LogP contribution in [0.5, 0.6) is 0 Å². The van der Waals surface area contributed by atoms with E-state index in [2.05, 4.69) is 9.59 Å². The zero-order valence-corrected chi connectivity index (χ0v) is 7.61. The van der Waals surface area contributed by atoms with Gasteiger partial charge in [-0.2, -0.15) is 0 Å². The van der Waals surface area contributed by atoms with E-state index in [4.69, 9.17) is 5.11 Å². The fourth-order valence-electron chi connectivity index (χ4n) is 1.05. The van der Waals surface area contributed by atoms with Gasteiger partial charge in [0.15, 0.2) is 0 Å². The lowest BCUT2D eigenvalue weighted by Gasteiger charge is -1.93. The first-order valence-electron chi connectivity index (χ1n) is 3.68. The van der Waals surface area contributed by atoms with Crippen LogP contribution in [-0.4, -0.2) is 26.4 Å². The van der Waals surface area contributed by atoms with Crippen LogP contribution in [0.3, 0.4) is 0 Å². The van der Waals surface area contributed by atoms with Gasteiger partial charge in [0.1, 0.15) is 5.52 Å². The van der Waals surface area contributed by atoms with Crippen molar-refractivity contribution in [2.45, 2.75) is 0 Å². The molecule has 0 unspecified atom stereocenters. The van der Waals surface area contributed by atoms with Crippen LogP contribution in [0.4, 0.5) is 0 Å². The highest BCUT2D eigenvalue weighted by atomic mass is 32.1. The number of hydrogen-bond donors (Lipinski definition) is 1. The number of aliphatic carboxylic acids is 1. The minimum absolute atomic E-state index is 0.123. The van der Waals surface area contributed by atoms with E-state index < -0.39 is 11.8 Å². The van der Waals surface area contributed by atoms with E-state index >= 15 is 0 Å². The van der Waals surface area contributed by atoms with Gasteiger partial charge in [-0.05, 0) is 29.7 Å². The van der Waals surface area contributed by atoms with Crippen LogP contribution in [0.1, 0.15) is 10.4 Å². The highest BCUT2D eigenvalue weighted by Gasteiger charge is 2.15. The lowest BCUT2D eigenvalue weighted by atomic mass is 10.1. The predicted octanol–water partition coefficient (Wildman–Crippen LogP) is 0.959. The number of fused-ring (bicyclic) bond motifs is 1. The molecule has 0 spiro atoms. The Balaban J connectivity index is 2.54. The first kappa shape index (κ1) is 8.76. The normalized spacial score (nSPS) is 10.3. The molecule has 0 fully saturated rings. The summed E-state index contributed by atoms with van der Waals surface area (Å²) >= 11 is 1.20. The highest BCUT2D eigenvalue weighted by Crippen LogP contribution is 2.16. The van der Waals surface area contributed by atoms with Gasteiger partial charge in [-0.3, -0.25) is 4.79 Å². The molecule has 0 bridgehead atoms. The minimum atomic E-state index is -1.47. The molecule has 1 aromatic heterocycles. The Morgan fingerprint density at radius 1 is 1.36 bits per heavy atom. The fourth-order valence-corrected chi connectivity index (χ4v) is 1.58. The highest BCUT2D eigenvalue weighted by molar-refractivity contribution is 7.12. The van der Waals surface area contributed by atoms with Crippen molar-refractivity contribution in [1.29, 1.82) is 0 Å². The molecule has 0 atom stereocenters. The Hall–Kier alpha value is -1.82. The second-order valence-corrected chi connectivity index (χ2v) is 3.38. The number of carboxylic acids is 1. The van der Waals surface area contributed by atoms with Crippen LogP contribution < -0.4 is 0 Å². The molecule has 5 nitrogen and oxygen atoms in total. The maximum Gasteiger partial charge on any atom is 0.377 e. The Labute approximate surface area is 82.1 Å². The van der Waals surface area contributed by atoms with Gasteiger partial charge in [0.25, 0.3) is 5.78 Å². The summed E-state index contributed by atoms with van der Waals surface area (Å²) in [6.07, 6.45) is 0. The van der Waals surface area contributed by atoms with Crippen molar-refractivity contribution in [2.75, 3.05) is 0 Å². The Kier molecular flexibility index (Phi) is 1.97. The van der Waals surface area contributed by atoms with E-state index in [1.54, 1.807) is 6.07 Å². The summed E-state index contributed by atoms with van der Waals surface area (Å²) in [5, 5.41) is 12.2. The third-order valence-electron chi connectivity index (χ3n) is 1.70. The molecule has 6 heteroatoms. The molecule has 0 aliphatic rings. The molecule has 0 aliphatic carbocycles. The first-order chi connectivity index (χ1) is 6.68. The number of nitrogens with zero attached hydrogens (tertiary/aromatic N) is 2. The third-order valence-corrected chi connectivity index (χ3v) is 2.41. The van der Waals surface area contributed by atoms with Gasteiger partial charge in [0.2, 0.25) is 0 Å². The standard InChI is InChI=1S/C8H4N2O3S/c11-7(8(12)13)4-1-2-6-5(3-4)9-10-14-6/h1-3H,(H,12,13). The fraction of sp³-hybridized carbons (Fsp3) is 0. The Morgan fingerprint density at radius 2 is 2.14 bits per heavy atom. The number of carbonyl (C=O) groups is 2.